The molecule has 0 amide bonds. The van der Waals surface area contributed by atoms with Crippen LogP contribution in [0.1, 0.15) is 19.8 Å². The van der Waals surface area contributed by atoms with E-state index in [1.165, 1.54) is 0 Å². The van der Waals surface area contributed by atoms with Crippen molar-refractivity contribution in [3.05, 3.63) is 12.2 Å². The summed E-state index contributed by atoms with van der Waals surface area (Å²) in [5.41, 5.74) is 0. The number of esters is 1. The van der Waals surface area contributed by atoms with Crippen LogP contribution in [0.25, 0.3) is 0 Å². The van der Waals surface area contributed by atoms with Crippen LogP contribution < -0.4 is 0 Å². The Bertz CT molecular complexity index is 259. The van der Waals surface area contributed by atoms with Gasteiger partial charge >= 0.3 is 5.97 Å². The van der Waals surface area contributed by atoms with Crippen molar-refractivity contribution in [2.24, 2.45) is 0 Å². The van der Waals surface area contributed by atoms with Gasteiger partial charge in [0.25, 0.3) is 0 Å². The molecule has 0 unspecified atom stereocenters. The minimum absolute atomic E-state index is 0.160. The lowest BCUT2D eigenvalue weighted by atomic mass is 10.1. The summed E-state index contributed by atoms with van der Waals surface area (Å²) in [6.07, 6.45) is 3.73. The second-order valence-electron chi connectivity index (χ2n) is 3.76. The van der Waals surface area contributed by atoms with Gasteiger partial charge in [-0.2, -0.15) is 0 Å². The summed E-state index contributed by atoms with van der Waals surface area (Å²) in [5, 5.41) is 9.28. The van der Waals surface area contributed by atoms with Crippen LogP contribution >= 0.6 is 0 Å². The summed E-state index contributed by atoms with van der Waals surface area (Å²) < 4.78 is 10.6. The largest absolute Gasteiger partial charge is 0.459 e. The number of cyclic esters (lactones) is 1. The summed E-state index contributed by atoms with van der Waals surface area (Å²) in [6.45, 7) is 1.68. The van der Waals surface area contributed by atoms with Crippen LogP contribution in [0.15, 0.2) is 12.2 Å². The molecule has 0 aromatic rings. The van der Waals surface area contributed by atoms with Gasteiger partial charge < -0.3 is 14.6 Å². The fourth-order valence-electron chi connectivity index (χ4n) is 1.76. The molecular formula is C10H14O4. The summed E-state index contributed by atoms with van der Waals surface area (Å²) in [4.78, 5) is 10.9. The van der Waals surface area contributed by atoms with Crippen molar-refractivity contribution in [1.82, 2.24) is 0 Å². The molecule has 4 nitrogen and oxygen atoms in total. The molecule has 0 bridgehead atoms. The lowest BCUT2D eigenvalue weighted by Crippen LogP contribution is -2.30. The van der Waals surface area contributed by atoms with E-state index in [2.05, 4.69) is 0 Å². The number of hydrogen-bond acceptors (Lipinski definition) is 4. The van der Waals surface area contributed by atoms with Crippen LogP contribution in [-0.4, -0.2) is 35.5 Å². The maximum Gasteiger partial charge on any atom is 0.306 e. The van der Waals surface area contributed by atoms with Crippen molar-refractivity contribution < 1.29 is 19.4 Å². The Balaban J connectivity index is 1.90. The van der Waals surface area contributed by atoms with E-state index in [1.807, 2.05) is 12.2 Å². The van der Waals surface area contributed by atoms with Gasteiger partial charge in [0.1, 0.15) is 18.3 Å². The van der Waals surface area contributed by atoms with Crippen molar-refractivity contribution in [2.45, 2.75) is 44.2 Å². The van der Waals surface area contributed by atoms with Crippen LogP contribution in [0.5, 0.6) is 0 Å². The molecule has 1 saturated heterocycles. The van der Waals surface area contributed by atoms with E-state index in [0.29, 0.717) is 12.8 Å². The Labute approximate surface area is 82.5 Å². The standard InChI is InChI=1S/C10H14O4/c1-6(11)7-2-3-8(13-7)9-4-5-10(12)14-9/h2-3,6-9,11H,4-5H2,1H3/t6-,7-,8-,9+/m0/s1. The number of ether oxygens (including phenoxy) is 2. The first-order chi connectivity index (χ1) is 6.66. The van der Waals surface area contributed by atoms with Crippen LogP contribution in [0.2, 0.25) is 0 Å². The number of hydrogen-bond donors (Lipinski definition) is 1. The molecule has 0 radical (unpaired) electrons. The summed E-state index contributed by atoms with van der Waals surface area (Å²) >= 11 is 0. The molecule has 1 fully saturated rings. The predicted molar refractivity (Wildman–Crippen MR) is 48.6 cm³/mol. The molecule has 0 saturated carbocycles. The van der Waals surface area contributed by atoms with Gasteiger partial charge in [-0.05, 0) is 13.3 Å². The third kappa shape index (κ3) is 1.81. The molecule has 4 heteroatoms. The Morgan fingerprint density at radius 3 is 2.86 bits per heavy atom. The molecule has 0 spiro atoms. The van der Waals surface area contributed by atoms with E-state index >= 15 is 0 Å². The highest BCUT2D eigenvalue weighted by Crippen LogP contribution is 2.25. The van der Waals surface area contributed by atoms with Crippen molar-refractivity contribution in [3.63, 3.8) is 0 Å². The topological polar surface area (TPSA) is 55.8 Å². The Morgan fingerprint density at radius 1 is 1.57 bits per heavy atom. The first-order valence-corrected chi connectivity index (χ1v) is 4.88. The monoisotopic (exact) mass is 198 g/mol. The van der Waals surface area contributed by atoms with Crippen LogP contribution in [-0.2, 0) is 14.3 Å². The average molecular weight is 198 g/mol. The predicted octanol–water partition coefficient (Wildman–Crippen LogP) is 0.396. The Kier molecular flexibility index (Phi) is 2.56. The maximum absolute atomic E-state index is 10.9. The molecule has 14 heavy (non-hydrogen) atoms. The number of carbonyl (C=O) groups is 1. The van der Waals surface area contributed by atoms with Gasteiger partial charge in [0, 0.05) is 6.42 Å². The molecule has 2 aliphatic heterocycles. The molecule has 2 heterocycles. The normalized spacial score (nSPS) is 38.7. The minimum atomic E-state index is -0.520. The van der Waals surface area contributed by atoms with Gasteiger partial charge in [-0.15, -0.1) is 0 Å². The zero-order valence-electron chi connectivity index (χ0n) is 8.05. The number of aliphatic hydroxyl groups is 1. The fourth-order valence-corrected chi connectivity index (χ4v) is 1.76. The quantitative estimate of drug-likeness (QED) is 0.515. The maximum atomic E-state index is 10.9. The summed E-state index contributed by atoms with van der Waals surface area (Å²) in [5.74, 6) is -0.160. The lowest BCUT2D eigenvalue weighted by Gasteiger charge is -2.19. The second kappa shape index (κ2) is 3.71. The van der Waals surface area contributed by atoms with Gasteiger partial charge in [0.15, 0.2) is 0 Å². The Morgan fingerprint density at radius 2 is 2.36 bits per heavy atom. The molecule has 4 atom stereocenters. The number of carbonyl (C=O) groups excluding carboxylic acids is 1. The van der Waals surface area contributed by atoms with Crippen LogP contribution in [0.4, 0.5) is 0 Å². The molecule has 0 aromatic carbocycles. The van der Waals surface area contributed by atoms with E-state index in [1.54, 1.807) is 6.92 Å². The highest BCUT2D eigenvalue weighted by atomic mass is 16.6. The van der Waals surface area contributed by atoms with E-state index in [9.17, 15) is 9.90 Å². The van der Waals surface area contributed by atoms with Gasteiger partial charge in [0.05, 0.1) is 6.10 Å². The number of aliphatic hydroxyl groups excluding tert-OH is 1. The molecule has 0 aromatic heterocycles. The zero-order valence-corrected chi connectivity index (χ0v) is 8.05. The lowest BCUT2D eigenvalue weighted by molar-refractivity contribution is -0.146. The van der Waals surface area contributed by atoms with Crippen LogP contribution in [0, 0.1) is 0 Å². The fraction of sp³-hybridized carbons (Fsp3) is 0.700. The first-order valence-electron chi connectivity index (χ1n) is 4.88. The van der Waals surface area contributed by atoms with Gasteiger partial charge in [-0.3, -0.25) is 4.79 Å². The highest BCUT2D eigenvalue weighted by molar-refractivity contribution is 5.71. The van der Waals surface area contributed by atoms with E-state index in [4.69, 9.17) is 9.47 Å². The van der Waals surface area contributed by atoms with Crippen molar-refractivity contribution in [1.29, 1.82) is 0 Å². The van der Waals surface area contributed by atoms with Gasteiger partial charge in [0.2, 0.25) is 0 Å². The van der Waals surface area contributed by atoms with E-state index < -0.39 is 6.10 Å². The third-order valence-electron chi connectivity index (χ3n) is 2.56. The summed E-state index contributed by atoms with van der Waals surface area (Å²) in [7, 11) is 0. The smallest absolute Gasteiger partial charge is 0.306 e. The first kappa shape index (κ1) is 9.68. The second-order valence-corrected chi connectivity index (χ2v) is 3.76. The third-order valence-corrected chi connectivity index (χ3v) is 2.56. The molecule has 78 valence electrons. The highest BCUT2D eigenvalue weighted by Gasteiger charge is 2.35. The molecule has 1 N–H and O–H groups in total. The zero-order chi connectivity index (χ0) is 10.1. The van der Waals surface area contributed by atoms with Crippen molar-refractivity contribution >= 4 is 5.97 Å². The SMILES string of the molecule is C[C@H](O)[C@@H]1C=C[C@@H]([C@H]2CCC(=O)O2)O1. The Hall–Kier alpha value is -0.870. The molecule has 2 aliphatic rings. The van der Waals surface area contributed by atoms with E-state index in [-0.39, 0.29) is 24.3 Å². The van der Waals surface area contributed by atoms with Gasteiger partial charge in [-0.1, -0.05) is 12.2 Å². The van der Waals surface area contributed by atoms with E-state index in [0.717, 1.165) is 0 Å². The van der Waals surface area contributed by atoms with Gasteiger partial charge in [-0.25, -0.2) is 0 Å². The molecule has 0 aliphatic carbocycles. The average Bonchev–Trinajstić information content (AvgIpc) is 2.70. The van der Waals surface area contributed by atoms with Crippen LogP contribution in [0.3, 0.4) is 0 Å². The molecular weight excluding hydrogens is 184 g/mol. The minimum Gasteiger partial charge on any atom is -0.459 e. The van der Waals surface area contributed by atoms with Crippen molar-refractivity contribution in [2.75, 3.05) is 0 Å². The van der Waals surface area contributed by atoms with Crippen molar-refractivity contribution in [3.8, 4) is 0 Å². The summed E-state index contributed by atoms with van der Waals surface area (Å²) in [6, 6.07) is 0. The number of rotatable bonds is 2. The molecule has 2 rings (SSSR count).